The number of carbonyl (C=O) groups excluding carboxylic acids is 1. The highest BCUT2D eigenvalue weighted by molar-refractivity contribution is 7.11. The summed E-state index contributed by atoms with van der Waals surface area (Å²) in [6, 6.07) is 3.84. The van der Waals surface area contributed by atoms with Crippen molar-refractivity contribution in [2.75, 3.05) is 11.9 Å². The van der Waals surface area contributed by atoms with Crippen molar-refractivity contribution >= 4 is 22.9 Å². The maximum atomic E-state index is 11.0. The highest BCUT2D eigenvalue weighted by atomic mass is 32.1. The normalized spacial score (nSPS) is 8.86. The van der Waals surface area contributed by atoms with E-state index in [9.17, 15) is 4.79 Å². The molecule has 0 saturated carbocycles. The molecule has 0 unspecified atom stereocenters. The van der Waals surface area contributed by atoms with E-state index in [1.54, 1.807) is 12.4 Å². The summed E-state index contributed by atoms with van der Waals surface area (Å²) in [7, 11) is 1.58. The summed E-state index contributed by atoms with van der Waals surface area (Å²) in [6.45, 7) is 1.41. The van der Waals surface area contributed by atoms with E-state index in [1.807, 2.05) is 12.1 Å². The van der Waals surface area contributed by atoms with Gasteiger partial charge in [0.05, 0.1) is 5.69 Å². The SMILES string of the molecule is CC(=O)N(C)c1csc(C#N)c1C#N. The number of anilines is 1. The highest BCUT2D eigenvalue weighted by Crippen LogP contribution is 2.28. The maximum absolute atomic E-state index is 11.0. The monoisotopic (exact) mass is 205 g/mol. The van der Waals surface area contributed by atoms with Gasteiger partial charge in [-0.2, -0.15) is 10.5 Å². The van der Waals surface area contributed by atoms with E-state index in [-0.39, 0.29) is 11.5 Å². The standard InChI is InChI=1S/C9H7N3OS/c1-6(13)12(2)8-5-14-9(4-11)7(8)3-10/h5H,1-2H3. The minimum atomic E-state index is -0.163. The van der Waals surface area contributed by atoms with Crippen LogP contribution in [0.5, 0.6) is 0 Å². The second-order valence-electron chi connectivity index (χ2n) is 2.63. The van der Waals surface area contributed by atoms with Crippen molar-refractivity contribution in [2.45, 2.75) is 6.92 Å². The maximum Gasteiger partial charge on any atom is 0.223 e. The molecule has 0 bridgehead atoms. The third-order valence-corrected chi connectivity index (χ3v) is 2.69. The van der Waals surface area contributed by atoms with Gasteiger partial charge in [-0.3, -0.25) is 4.79 Å². The Hall–Kier alpha value is -1.85. The minimum Gasteiger partial charge on any atom is -0.314 e. The third kappa shape index (κ3) is 1.59. The van der Waals surface area contributed by atoms with E-state index in [4.69, 9.17) is 10.5 Å². The summed E-state index contributed by atoms with van der Waals surface area (Å²) >= 11 is 1.17. The lowest BCUT2D eigenvalue weighted by atomic mass is 10.2. The molecular formula is C9H7N3OS. The molecule has 1 heterocycles. The lowest BCUT2D eigenvalue weighted by Crippen LogP contribution is -2.23. The van der Waals surface area contributed by atoms with Crippen LogP contribution >= 0.6 is 11.3 Å². The first-order valence-electron chi connectivity index (χ1n) is 3.77. The van der Waals surface area contributed by atoms with Gasteiger partial charge in [0, 0.05) is 19.4 Å². The quantitative estimate of drug-likeness (QED) is 0.697. The van der Waals surface area contributed by atoms with Crippen LogP contribution in [0.1, 0.15) is 17.4 Å². The Kier molecular flexibility index (Phi) is 2.85. The number of rotatable bonds is 1. The lowest BCUT2D eigenvalue weighted by molar-refractivity contribution is -0.116. The first-order valence-corrected chi connectivity index (χ1v) is 4.65. The molecule has 0 saturated heterocycles. The predicted octanol–water partition coefficient (Wildman–Crippen LogP) is 1.47. The average molecular weight is 205 g/mol. The van der Waals surface area contributed by atoms with E-state index in [0.717, 1.165) is 0 Å². The van der Waals surface area contributed by atoms with E-state index < -0.39 is 0 Å². The zero-order chi connectivity index (χ0) is 10.7. The van der Waals surface area contributed by atoms with Crippen LogP contribution in [0.2, 0.25) is 0 Å². The van der Waals surface area contributed by atoms with Crippen molar-refractivity contribution < 1.29 is 4.79 Å². The largest absolute Gasteiger partial charge is 0.314 e. The van der Waals surface area contributed by atoms with Crippen molar-refractivity contribution in [3.8, 4) is 12.1 Å². The first kappa shape index (κ1) is 10.2. The predicted molar refractivity (Wildman–Crippen MR) is 52.8 cm³/mol. The van der Waals surface area contributed by atoms with Crippen molar-refractivity contribution in [1.82, 2.24) is 0 Å². The molecule has 0 N–H and O–H groups in total. The van der Waals surface area contributed by atoms with Crippen LogP contribution in [0.25, 0.3) is 0 Å². The smallest absolute Gasteiger partial charge is 0.223 e. The van der Waals surface area contributed by atoms with Crippen LogP contribution < -0.4 is 4.90 Å². The van der Waals surface area contributed by atoms with Crippen LogP contribution in [-0.4, -0.2) is 13.0 Å². The molecule has 1 aromatic heterocycles. The molecule has 70 valence electrons. The number of thiophene rings is 1. The summed E-state index contributed by atoms with van der Waals surface area (Å²) in [5, 5.41) is 19.1. The molecule has 0 atom stereocenters. The third-order valence-electron chi connectivity index (χ3n) is 1.82. The molecule has 4 nitrogen and oxygen atoms in total. The summed E-state index contributed by atoms with van der Waals surface area (Å²) in [5.41, 5.74) is 0.775. The van der Waals surface area contributed by atoms with E-state index in [1.165, 1.54) is 23.2 Å². The van der Waals surface area contributed by atoms with Crippen molar-refractivity contribution in [2.24, 2.45) is 0 Å². The van der Waals surface area contributed by atoms with Crippen LogP contribution in [-0.2, 0) is 4.79 Å². The van der Waals surface area contributed by atoms with E-state index in [0.29, 0.717) is 10.6 Å². The fourth-order valence-corrected chi connectivity index (χ4v) is 1.78. The van der Waals surface area contributed by atoms with E-state index >= 15 is 0 Å². The zero-order valence-electron chi connectivity index (χ0n) is 7.74. The Balaban J connectivity index is 3.25. The molecular weight excluding hydrogens is 198 g/mol. The molecule has 0 radical (unpaired) electrons. The van der Waals surface area contributed by atoms with Crippen LogP contribution in [0, 0.1) is 22.7 Å². The molecule has 0 aromatic carbocycles. The molecule has 0 aliphatic rings. The number of carbonyl (C=O) groups is 1. The number of hydrogen-bond acceptors (Lipinski definition) is 4. The Labute approximate surface area is 85.6 Å². The van der Waals surface area contributed by atoms with Gasteiger partial charge in [0.25, 0.3) is 0 Å². The first-order chi connectivity index (χ1) is 6.61. The summed E-state index contributed by atoms with van der Waals surface area (Å²) in [5.74, 6) is -0.163. The van der Waals surface area contributed by atoms with E-state index in [2.05, 4.69) is 0 Å². The molecule has 1 amide bonds. The number of nitrogens with zero attached hydrogens (tertiary/aromatic N) is 3. The van der Waals surface area contributed by atoms with Crippen molar-refractivity contribution in [3.05, 3.63) is 15.8 Å². The van der Waals surface area contributed by atoms with Gasteiger partial charge >= 0.3 is 0 Å². The molecule has 0 spiro atoms. The van der Waals surface area contributed by atoms with Gasteiger partial charge in [0.2, 0.25) is 5.91 Å². The Morgan fingerprint density at radius 2 is 2.14 bits per heavy atom. The van der Waals surface area contributed by atoms with Crippen molar-refractivity contribution in [1.29, 1.82) is 10.5 Å². The van der Waals surface area contributed by atoms with Crippen LogP contribution in [0.4, 0.5) is 5.69 Å². The lowest BCUT2D eigenvalue weighted by Gasteiger charge is -2.12. The van der Waals surface area contributed by atoms with Crippen LogP contribution in [0.15, 0.2) is 5.38 Å². The molecule has 1 rings (SSSR count). The number of amides is 1. The summed E-state index contributed by atoms with van der Waals surface area (Å²) in [6.07, 6.45) is 0. The second kappa shape index (κ2) is 3.91. The van der Waals surface area contributed by atoms with Crippen molar-refractivity contribution in [3.63, 3.8) is 0 Å². The Morgan fingerprint density at radius 3 is 2.57 bits per heavy atom. The fourth-order valence-electron chi connectivity index (χ4n) is 0.956. The Bertz CT molecular complexity index is 450. The number of hydrogen-bond donors (Lipinski definition) is 0. The fraction of sp³-hybridized carbons (Fsp3) is 0.222. The Morgan fingerprint density at radius 1 is 1.50 bits per heavy atom. The van der Waals surface area contributed by atoms with Gasteiger partial charge in [-0.15, -0.1) is 11.3 Å². The molecule has 0 aliphatic carbocycles. The van der Waals surface area contributed by atoms with Gasteiger partial charge in [-0.1, -0.05) is 0 Å². The topological polar surface area (TPSA) is 67.9 Å². The van der Waals surface area contributed by atoms with Gasteiger partial charge < -0.3 is 4.90 Å². The summed E-state index contributed by atoms with van der Waals surface area (Å²) in [4.78, 5) is 12.7. The second-order valence-corrected chi connectivity index (χ2v) is 3.51. The van der Waals surface area contributed by atoms with Gasteiger partial charge in [0.1, 0.15) is 22.6 Å². The van der Waals surface area contributed by atoms with Gasteiger partial charge in [-0.05, 0) is 0 Å². The zero-order valence-corrected chi connectivity index (χ0v) is 8.55. The molecule has 5 heteroatoms. The highest BCUT2D eigenvalue weighted by Gasteiger charge is 2.16. The van der Waals surface area contributed by atoms with Crippen LogP contribution in [0.3, 0.4) is 0 Å². The molecule has 0 aliphatic heterocycles. The van der Waals surface area contributed by atoms with Gasteiger partial charge in [0.15, 0.2) is 0 Å². The van der Waals surface area contributed by atoms with Gasteiger partial charge in [-0.25, -0.2) is 0 Å². The average Bonchev–Trinajstić information content (AvgIpc) is 2.58. The molecule has 14 heavy (non-hydrogen) atoms. The number of nitriles is 2. The molecule has 1 aromatic rings. The molecule has 0 fully saturated rings. The minimum absolute atomic E-state index is 0.163. The summed E-state index contributed by atoms with van der Waals surface area (Å²) < 4.78 is 0.